The quantitative estimate of drug-likeness (QED) is 0.619. The summed E-state index contributed by atoms with van der Waals surface area (Å²) < 4.78 is 10.6. The Morgan fingerprint density at radius 2 is 1.47 bits per heavy atom. The molecule has 1 aromatic rings. The molecular weight excluding hydrogens is 305 g/mol. The molecule has 17 heavy (non-hydrogen) atoms. The summed E-state index contributed by atoms with van der Waals surface area (Å²) in [5, 5.41) is 0. The zero-order chi connectivity index (χ0) is 12.7. The van der Waals surface area contributed by atoms with Crippen LogP contribution in [0, 0.1) is 0 Å². The van der Waals surface area contributed by atoms with Gasteiger partial charge in [-0.05, 0) is 17.7 Å². The minimum atomic E-state index is -1.76. The zero-order valence-corrected chi connectivity index (χ0v) is 11.5. The lowest BCUT2D eigenvalue weighted by atomic mass is 9.96. The molecule has 90 valence electrons. The Morgan fingerprint density at radius 1 is 0.882 bits per heavy atom. The molecule has 1 aliphatic carbocycles. The number of alkyl halides is 4. The summed E-state index contributed by atoms with van der Waals surface area (Å²) in [7, 11) is 0. The Balaban J connectivity index is 2.56. The molecule has 1 aliphatic rings. The van der Waals surface area contributed by atoms with E-state index in [-0.39, 0.29) is 0 Å². The standard InChI is InChI=1S/C12H7Cl4F/c13-11(14)6-9(8-4-2-1-3-5-8)12(15,16)10(17)7-11/h1-7H. The Labute approximate surface area is 119 Å². The largest absolute Gasteiger partial charge is 0.208 e. The molecule has 0 aromatic heterocycles. The molecule has 2 rings (SSSR count). The van der Waals surface area contributed by atoms with Crippen molar-refractivity contribution in [3.8, 4) is 0 Å². The first-order chi connectivity index (χ1) is 7.83. The number of benzene rings is 1. The molecule has 0 saturated heterocycles. The van der Waals surface area contributed by atoms with Crippen molar-refractivity contribution >= 4 is 52.0 Å². The van der Waals surface area contributed by atoms with Gasteiger partial charge in [-0.3, -0.25) is 0 Å². The maximum Gasteiger partial charge on any atom is 0.194 e. The lowest BCUT2D eigenvalue weighted by Gasteiger charge is -2.29. The van der Waals surface area contributed by atoms with E-state index in [4.69, 9.17) is 46.4 Å². The van der Waals surface area contributed by atoms with Crippen LogP contribution in [0.4, 0.5) is 4.39 Å². The van der Waals surface area contributed by atoms with E-state index in [0.717, 1.165) is 6.08 Å². The number of rotatable bonds is 1. The van der Waals surface area contributed by atoms with Gasteiger partial charge in [-0.25, -0.2) is 4.39 Å². The first kappa shape index (κ1) is 13.2. The van der Waals surface area contributed by atoms with Crippen LogP contribution in [0.3, 0.4) is 0 Å². The maximum absolute atomic E-state index is 13.8. The van der Waals surface area contributed by atoms with Crippen molar-refractivity contribution in [1.82, 2.24) is 0 Å². The highest BCUT2D eigenvalue weighted by Gasteiger charge is 2.42. The molecular formula is C12H7Cl4F. The molecule has 0 unspecified atom stereocenters. The summed E-state index contributed by atoms with van der Waals surface area (Å²) in [6.07, 6.45) is 2.43. The second-order valence-electron chi connectivity index (χ2n) is 3.67. The first-order valence-corrected chi connectivity index (χ1v) is 6.27. The van der Waals surface area contributed by atoms with Crippen molar-refractivity contribution in [3.05, 3.63) is 53.9 Å². The van der Waals surface area contributed by atoms with Crippen LogP contribution >= 0.6 is 46.4 Å². The van der Waals surface area contributed by atoms with E-state index in [2.05, 4.69) is 0 Å². The Bertz CT molecular complexity index is 488. The third kappa shape index (κ3) is 2.63. The molecule has 0 heterocycles. The van der Waals surface area contributed by atoms with Gasteiger partial charge in [0.25, 0.3) is 0 Å². The monoisotopic (exact) mass is 310 g/mol. The minimum absolute atomic E-state index is 0.339. The molecule has 0 spiro atoms. The summed E-state index contributed by atoms with van der Waals surface area (Å²) in [5.74, 6) is -0.771. The molecule has 0 atom stereocenters. The van der Waals surface area contributed by atoms with Gasteiger partial charge in [-0.1, -0.05) is 76.7 Å². The molecule has 1 aromatic carbocycles. The highest BCUT2D eigenvalue weighted by molar-refractivity contribution is 6.58. The molecule has 0 saturated carbocycles. The fourth-order valence-electron chi connectivity index (χ4n) is 1.60. The second-order valence-corrected chi connectivity index (χ2v) is 6.44. The van der Waals surface area contributed by atoms with Crippen LogP contribution in [0.25, 0.3) is 5.57 Å². The van der Waals surface area contributed by atoms with Gasteiger partial charge in [0.1, 0.15) is 5.83 Å². The average Bonchev–Trinajstić information content (AvgIpc) is 2.25. The van der Waals surface area contributed by atoms with Crippen LogP contribution in [0.5, 0.6) is 0 Å². The van der Waals surface area contributed by atoms with E-state index < -0.39 is 14.5 Å². The van der Waals surface area contributed by atoms with E-state index in [1.54, 1.807) is 24.3 Å². The SMILES string of the molecule is FC1=CC(Cl)(Cl)C=C(c2ccccc2)C1(Cl)Cl. The summed E-state index contributed by atoms with van der Waals surface area (Å²) >= 11 is 23.8. The third-order valence-corrected chi connectivity index (χ3v) is 3.58. The molecule has 5 heteroatoms. The van der Waals surface area contributed by atoms with Crippen molar-refractivity contribution < 1.29 is 4.39 Å². The van der Waals surface area contributed by atoms with Crippen LogP contribution in [0.1, 0.15) is 5.56 Å². The summed E-state index contributed by atoms with van der Waals surface area (Å²) in [6, 6.07) is 8.93. The van der Waals surface area contributed by atoms with Crippen LogP contribution in [-0.4, -0.2) is 8.67 Å². The second kappa shape index (κ2) is 4.47. The van der Waals surface area contributed by atoms with Crippen molar-refractivity contribution in [2.75, 3.05) is 0 Å². The maximum atomic E-state index is 13.8. The number of hydrogen-bond donors (Lipinski definition) is 0. The molecule has 0 fully saturated rings. The fraction of sp³-hybridized carbons (Fsp3) is 0.167. The van der Waals surface area contributed by atoms with Gasteiger partial charge in [0.15, 0.2) is 8.67 Å². The molecule has 0 N–H and O–H groups in total. The Morgan fingerprint density at radius 3 is 2.06 bits per heavy atom. The summed E-state index contributed by atoms with van der Waals surface area (Å²) in [4.78, 5) is 0. The Kier molecular flexibility index (Phi) is 3.48. The number of halogens is 5. The molecule has 0 amide bonds. The lowest BCUT2D eigenvalue weighted by Crippen LogP contribution is -2.25. The topological polar surface area (TPSA) is 0 Å². The van der Waals surface area contributed by atoms with Crippen molar-refractivity contribution in [1.29, 1.82) is 0 Å². The summed E-state index contributed by atoms with van der Waals surface area (Å²) in [5.41, 5.74) is 1.01. The minimum Gasteiger partial charge on any atom is -0.208 e. The predicted octanol–water partition coefficient (Wildman–Crippen LogP) is 5.28. The zero-order valence-electron chi connectivity index (χ0n) is 8.43. The smallest absolute Gasteiger partial charge is 0.194 e. The van der Waals surface area contributed by atoms with Crippen molar-refractivity contribution in [2.24, 2.45) is 0 Å². The van der Waals surface area contributed by atoms with Gasteiger partial charge < -0.3 is 0 Å². The molecule has 0 nitrogen and oxygen atoms in total. The van der Waals surface area contributed by atoms with Gasteiger partial charge in [0.05, 0.1) is 0 Å². The average molecular weight is 312 g/mol. The molecule has 0 bridgehead atoms. The molecule has 0 aliphatic heterocycles. The van der Waals surface area contributed by atoms with Gasteiger partial charge >= 0.3 is 0 Å². The van der Waals surface area contributed by atoms with E-state index in [1.807, 2.05) is 6.07 Å². The van der Waals surface area contributed by atoms with Crippen molar-refractivity contribution in [3.63, 3.8) is 0 Å². The van der Waals surface area contributed by atoms with Crippen LogP contribution in [0.15, 0.2) is 48.3 Å². The highest BCUT2D eigenvalue weighted by Crippen LogP contribution is 2.50. The van der Waals surface area contributed by atoms with Crippen LogP contribution < -0.4 is 0 Å². The Hall–Kier alpha value is -0.210. The fourth-order valence-corrected chi connectivity index (χ4v) is 2.44. The van der Waals surface area contributed by atoms with Gasteiger partial charge in [-0.2, -0.15) is 0 Å². The van der Waals surface area contributed by atoms with Gasteiger partial charge in [0, 0.05) is 5.57 Å². The third-order valence-electron chi connectivity index (χ3n) is 2.38. The van der Waals surface area contributed by atoms with E-state index >= 15 is 0 Å². The molecule has 0 radical (unpaired) electrons. The first-order valence-electron chi connectivity index (χ1n) is 4.76. The highest BCUT2D eigenvalue weighted by atomic mass is 35.5. The van der Waals surface area contributed by atoms with E-state index in [1.165, 1.54) is 6.08 Å². The van der Waals surface area contributed by atoms with Crippen LogP contribution in [0.2, 0.25) is 0 Å². The summed E-state index contributed by atoms with van der Waals surface area (Å²) in [6.45, 7) is 0. The van der Waals surface area contributed by atoms with Gasteiger partial charge in [-0.15, -0.1) is 0 Å². The van der Waals surface area contributed by atoms with Crippen LogP contribution in [-0.2, 0) is 0 Å². The lowest BCUT2D eigenvalue weighted by molar-refractivity contribution is 0.599. The van der Waals surface area contributed by atoms with Gasteiger partial charge in [0.2, 0.25) is 0 Å². The van der Waals surface area contributed by atoms with E-state index in [9.17, 15) is 4.39 Å². The van der Waals surface area contributed by atoms with Crippen molar-refractivity contribution in [2.45, 2.75) is 8.67 Å². The number of allylic oxidation sites excluding steroid dienone is 4. The van der Waals surface area contributed by atoms with E-state index in [0.29, 0.717) is 11.1 Å². The normalized spacial score (nSPS) is 21.7. The predicted molar refractivity (Wildman–Crippen MR) is 72.5 cm³/mol. The number of hydrogen-bond acceptors (Lipinski definition) is 0.